The van der Waals surface area contributed by atoms with Gasteiger partial charge in [-0.05, 0) is 27.2 Å². The molecule has 84 valence electrons. The van der Waals surface area contributed by atoms with Crippen molar-refractivity contribution >= 4 is 0 Å². The first-order valence-electron chi connectivity index (χ1n) is 5.65. The number of rotatable bonds is 3. The van der Waals surface area contributed by atoms with E-state index in [4.69, 9.17) is 0 Å². The van der Waals surface area contributed by atoms with E-state index in [1.807, 2.05) is 13.8 Å². The van der Waals surface area contributed by atoms with Gasteiger partial charge in [-0.2, -0.15) is 0 Å². The van der Waals surface area contributed by atoms with Gasteiger partial charge in [-0.15, -0.1) is 0 Å². The molecular formula is C11H24N2O. The summed E-state index contributed by atoms with van der Waals surface area (Å²) in [4.78, 5) is 2.40. The van der Waals surface area contributed by atoms with E-state index in [0.29, 0.717) is 12.1 Å². The second kappa shape index (κ2) is 4.60. The summed E-state index contributed by atoms with van der Waals surface area (Å²) in [7, 11) is 0. The first kappa shape index (κ1) is 12.0. The molecule has 1 heterocycles. The normalized spacial score (nSPS) is 34.1. The highest BCUT2D eigenvalue weighted by Crippen LogP contribution is 2.17. The van der Waals surface area contributed by atoms with Gasteiger partial charge in [0.2, 0.25) is 0 Å². The van der Waals surface area contributed by atoms with Crippen LogP contribution in [0.3, 0.4) is 0 Å². The number of β-amino-alcohol motifs (C(OH)–C–C–N with tert-alkyl or cyclic N) is 1. The van der Waals surface area contributed by atoms with E-state index in [0.717, 1.165) is 26.1 Å². The van der Waals surface area contributed by atoms with E-state index >= 15 is 0 Å². The molecule has 3 atom stereocenters. The maximum atomic E-state index is 10.0. The molecule has 14 heavy (non-hydrogen) atoms. The molecule has 0 aromatic rings. The predicted molar refractivity (Wildman–Crippen MR) is 59.4 cm³/mol. The second-order valence-electron chi connectivity index (χ2n) is 4.88. The third-order valence-electron chi connectivity index (χ3n) is 3.30. The maximum Gasteiger partial charge on any atom is 0.0743 e. The molecular weight excluding hydrogens is 176 g/mol. The van der Waals surface area contributed by atoms with Crippen LogP contribution in [0.4, 0.5) is 0 Å². The van der Waals surface area contributed by atoms with E-state index in [-0.39, 0.29) is 0 Å². The quantitative estimate of drug-likeness (QED) is 0.708. The molecule has 0 aromatic carbocycles. The second-order valence-corrected chi connectivity index (χ2v) is 4.88. The Morgan fingerprint density at radius 2 is 1.86 bits per heavy atom. The molecule has 0 bridgehead atoms. The third kappa shape index (κ3) is 2.94. The number of nitrogens with one attached hydrogen (secondary N) is 1. The highest BCUT2D eigenvalue weighted by molar-refractivity contribution is 4.87. The molecule has 0 amide bonds. The van der Waals surface area contributed by atoms with E-state index in [2.05, 4.69) is 24.1 Å². The van der Waals surface area contributed by atoms with Crippen LogP contribution in [-0.2, 0) is 0 Å². The first-order chi connectivity index (χ1) is 6.46. The smallest absolute Gasteiger partial charge is 0.0743 e. The lowest BCUT2D eigenvalue weighted by molar-refractivity contribution is -0.0164. The van der Waals surface area contributed by atoms with Gasteiger partial charge in [0.25, 0.3) is 0 Å². The summed E-state index contributed by atoms with van der Waals surface area (Å²) in [6.45, 7) is 11.2. The summed E-state index contributed by atoms with van der Waals surface area (Å²) in [5, 5.41) is 13.4. The minimum Gasteiger partial charge on any atom is -0.389 e. The highest BCUT2D eigenvalue weighted by Gasteiger charge is 2.30. The molecule has 3 nitrogen and oxygen atoms in total. The fourth-order valence-corrected chi connectivity index (χ4v) is 1.99. The average molecular weight is 200 g/mol. The fourth-order valence-electron chi connectivity index (χ4n) is 1.99. The summed E-state index contributed by atoms with van der Waals surface area (Å²) in [5.74, 6) is 0. The van der Waals surface area contributed by atoms with Crippen molar-refractivity contribution in [3.05, 3.63) is 0 Å². The largest absolute Gasteiger partial charge is 0.389 e. The number of piperazine rings is 1. The van der Waals surface area contributed by atoms with Crippen molar-refractivity contribution in [2.45, 2.75) is 51.8 Å². The van der Waals surface area contributed by atoms with Crippen LogP contribution in [0.2, 0.25) is 0 Å². The SMILES string of the molecule is CCC(C)(O)CN1C(C)CNCC1C. The molecule has 1 aliphatic rings. The Bertz CT molecular complexity index is 172. The van der Waals surface area contributed by atoms with Crippen LogP contribution in [-0.4, -0.2) is 47.3 Å². The van der Waals surface area contributed by atoms with Gasteiger partial charge in [0, 0.05) is 31.7 Å². The zero-order valence-corrected chi connectivity index (χ0v) is 9.88. The Kier molecular flexibility index (Phi) is 3.93. The molecule has 2 N–H and O–H groups in total. The lowest BCUT2D eigenvalue weighted by Crippen LogP contribution is -2.58. The van der Waals surface area contributed by atoms with E-state index in [9.17, 15) is 5.11 Å². The zero-order chi connectivity index (χ0) is 10.8. The molecule has 1 rings (SSSR count). The molecule has 0 aliphatic carbocycles. The van der Waals surface area contributed by atoms with Gasteiger partial charge < -0.3 is 10.4 Å². The van der Waals surface area contributed by atoms with Crippen LogP contribution < -0.4 is 5.32 Å². The van der Waals surface area contributed by atoms with E-state index in [1.165, 1.54) is 0 Å². The van der Waals surface area contributed by atoms with Gasteiger partial charge in [-0.1, -0.05) is 6.92 Å². The van der Waals surface area contributed by atoms with Gasteiger partial charge in [0.1, 0.15) is 0 Å². The number of nitrogens with zero attached hydrogens (tertiary/aromatic N) is 1. The van der Waals surface area contributed by atoms with Crippen LogP contribution in [0.25, 0.3) is 0 Å². The molecule has 3 heteroatoms. The van der Waals surface area contributed by atoms with Crippen molar-refractivity contribution < 1.29 is 5.11 Å². The molecule has 0 spiro atoms. The average Bonchev–Trinajstić information content (AvgIpc) is 2.12. The van der Waals surface area contributed by atoms with Gasteiger partial charge in [-0.25, -0.2) is 0 Å². The van der Waals surface area contributed by atoms with Crippen molar-refractivity contribution in [2.24, 2.45) is 0 Å². The minimum absolute atomic E-state index is 0.525. The van der Waals surface area contributed by atoms with Crippen molar-refractivity contribution in [2.75, 3.05) is 19.6 Å². The van der Waals surface area contributed by atoms with Crippen molar-refractivity contribution in [1.82, 2.24) is 10.2 Å². The number of hydrogen-bond acceptors (Lipinski definition) is 3. The van der Waals surface area contributed by atoms with Crippen LogP contribution in [0.1, 0.15) is 34.1 Å². The lowest BCUT2D eigenvalue weighted by atomic mass is 9.99. The molecule has 1 fully saturated rings. The minimum atomic E-state index is -0.542. The molecule has 0 saturated carbocycles. The molecule has 3 unspecified atom stereocenters. The summed E-state index contributed by atoms with van der Waals surface area (Å²) in [5.41, 5.74) is -0.542. The highest BCUT2D eigenvalue weighted by atomic mass is 16.3. The van der Waals surface area contributed by atoms with Crippen LogP contribution in [0.5, 0.6) is 0 Å². The molecule has 1 aliphatic heterocycles. The topological polar surface area (TPSA) is 35.5 Å². The van der Waals surface area contributed by atoms with Crippen molar-refractivity contribution in [3.8, 4) is 0 Å². The third-order valence-corrected chi connectivity index (χ3v) is 3.30. The fraction of sp³-hybridized carbons (Fsp3) is 1.00. The summed E-state index contributed by atoms with van der Waals surface area (Å²) in [6, 6.07) is 1.05. The standard InChI is InChI=1S/C11H24N2O/c1-5-11(4,14)8-13-9(2)6-12-7-10(13)3/h9-10,12,14H,5-8H2,1-4H3. The van der Waals surface area contributed by atoms with Crippen LogP contribution in [0, 0.1) is 0 Å². The Hall–Kier alpha value is -0.120. The van der Waals surface area contributed by atoms with Crippen LogP contribution >= 0.6 is 0 Å². The Balaban J connectivity index is 2.56. The Morgan fingerprint density at radius 1 is 1.36 bits per heavy atom. The summed E-state index contributed by atoms with van der Waals surface area (Å²) in [6.07, 6.45) is 0.816. The summed E-state index contributed by atoms with van der Waals surface area (Å²) >= 11 is 0. The van der Waals surface area contributed by atoms with E-state index < -0.39 is 5.60 Å². The maximum absolute atomic E-state index is 10.0. The number of hydrogen-bond donors (Lipinski definition) is 2. The zero-order valence-electron chi connectivity index (χ0n) is 9.88. The monoisotopic (exact) mass is 200 g/mol. The predicted octanol–water partition coefficient (Wildman–Crippen LogP) is 0.830. The van der Waals surface area contributed by atoms with Gasteiger partial charge in [0.15, 0.2) is 0 Å². The number of aliphatic hydroxyl groups is 1. The van der Waals surface area contributed by atoms with Crippen LogP contribution in [0.15, 0.2) is 0 Å². The van der Waals surface area contributed by atoms with Crippen molar-refractivity contribution in [3.63, 3.8) is 0 Å². The Labute approximate surface area is 87.5 Å². The summed E-state index contributed by atoms with van der Waals surface area (Å²) < 4.78 is 0. The van der Waals surface area contributed by atoms with E-state index in [1.54, 1.807) is 0 Å². The molecule has 0 radical (unpaired) electrons. The van der Waals surface area contributed by atoms with Gasteiger partial charge >= 0.3 is 0 Å². The first-order valence-corrected chi connectivity index (χ1v) is 5.65. The van der Waals surface area contributed by atoms with Gasteiger partial charge in [-0.3, -0.25) is 4.90 Å². The lowest BCUT2D eigenvalue weighted by Gasteiger charge is -2.42. The molecule has 1 saturated heterocycles. The van der Waals surface area contributed by atoms with Gasteiger partial charge in [0.05, 0.1) is 5.60 Å². The molecule has 0 aromatic heterocycles. The van der Waals surface area contributed by atoms with Crippen molar-refractivity contribution in [1.29, 1.82) is 0 Å². The Morgan fingerprint density at radius 3 is 2.29 bits per heavy atom.